The number of urea groups is 1. The van der Waals surface area contributed by atoms with Gasteiger partial charge in [-0.3, -0.25) is 0 Å². The second kappa shape index (κ2) is 7.22. The van der Waals surface area contributed by atoms with Crippen molar-refractivity contribution in [2.24, 2.45) is 0 Å². The van der Waals surface area contributed by atoms with Crippen LogP contribution in [-0.2, 0) is 18.9 Å². The third-order valence-electron chi connectivity index (χ3n) is 3.25. The van der Waals surface area contributed by atoms with Crippen molar-refractivity contribution < 1.29 is 35.5 Å². The van der Waals surface area contributed by atoms with Crippen molar-refractivity contribution >= 4 is 11.7 Å². The van der Waals surface area contributed by atoms with E-state index >= 15 is 0 Å². The van der Waals surface area contributed by atoms with Gasteiger partial charge in [-0.2, -0.15) is 26.3 Å². The second-order valence-corrected chi connectivity index (χ2v) is 5.20. The predicted octanol–water partition coefficient (Wildman–Crippen LogP) is 5.19. The molecule has 0 bridgehead atoms. The zero-order chi connectivity index (χ0) is 19.5. The van der Waals surface area contributed by atoms with E-state index in [0.29, 0.717) is 18.2 Å². The van der Waals surface area contributed by atoms with Gasteiger partial charge in [0.1, 0.15) is 5.82 Å². The Kier molecular flexibility index (Phi) is 5.43. The Morgan fingerprint density at radius 2 is 1.50 bits per heavy atom. The lowest BCUT2D eigenvalue weighted by atomic mass is 10.1. The fourth-order valence-electron chi connectivity index (χ4n) is 2.00. The molecule has 140 valence electrons. The summed E-state index contributed by atoms with van der Waals surface area (Å²) in [7, 11) is 0. The zero-order valence-electron chi connectivity index (χ0n) is 12.8. The molecule has 2 aromatic rings. The molecule has 26 heavy (non-hydrogen) atoms. The minimum absolute atomic E-state index is 0.111. The van der Waals surface area contributed by atoms with E-state index < -0.39 is 41.0 Å². The van der Waals surface area contributed by atoms with Crippen LogP contribution in [0.4, 0.5) is 41.2 Å². The first-order chi connectivity index (χ1) is 12.0. The van der Waals surface area contributed by atoms with Crippen LogP contribution in [0.15, 0.2) is 42.5 Å². The van der Waals surface area contributed by atoms with Gasteiger partial charge in [0.15, 0.2) is 0 Å². The lowest BCUT2D eigenvalue weighted by Crippen LogP contribution is -2.28. The monoisotopic (exact) mass is 380 g/mol. The van der Waals surface area contributed by atoms with E-state index in [9.17, 15) is 35.5 Å². The van der Waals surface area contributed by atoms with Crippen LogP contribution >= 0.6 is 0 Å². The average molecular weight is 380 g/mol. The number of anilines is 1. The van der Waals surface area contributed by atoms with E-state index in [2.05, 4.69) is 5.32 Å². The molecule has 0 saturated heterocycles. The molecule has 0 atom stereocenters. The molecule has 0 radical (unpaired) electrons. The van der Waals surface area contributed by atoms with E-state index in [1.54, 1.807) is 0 Å². The number of benzene rings is 2. The summed E-state index contributed by atoms with van der Waals surface area (Å²) in [5.74, 6) is -1.09. The van der Waals surface area contributed by atoms with Gasteiger partial charge in [-0.15, -0.1) is 0 Å². The van der Waals surface area contributed by atoms with Crippen molar-refractivity contribution in [3.05, 3.63) is 65.0 Å². The highest BCUT2D eigenvalue weighted by Crippen LogP contribution is 2.32. The van der Waals surface area contributed by atoms with Crippen molar-refractivity contribution in [3.8, 4) is 0 Å². The minimum Gasteiger partial charge on any atom is -0.334 e. The SMILES string of the molecule is O=C(NCc1cccc(C(F)(F)F)c1)Nc1cc(C(F)(F)F)ccc1F. The lowest BCUT2D eigenvalue weighted by Gasteiger charge is -2.12. The van der Waals surface area contributed by atoms with E-state index in [1.807, 2.05) is 5.32 Å². The highest BCUT2D eigenvalue weighted by Gasteiger charge is 2.31. The Morgan fingerprint density at radius 3 is 2.12 bits per heavy atom. The number of amides is 2. The van der Waals surface area contributed by atoms with E-state index in [0.717, 1.165) is 18.2 Å². The number of halogens is 7. The number of rotatable bonds is 3. The fourth-order valence-corrected chi connectivity index (χ4v) is 2.00. The third-order valence-corrected chi connectivity index (χ3v) is 3.25. The maximum atomic E-state index is 13.5. The van der Waals surface area contributed by atoms with Crippen molar-refractivity contribution in [1.29, 1.82) is 0 Å². The Bertz CT molecular complexity index is 800. The average Bonchev–Trinajstić information content (AvgIpc) is 2.53. The van der Waals surface area contributed by atoms with Crippen molar-refractivity contribution in [2.75, 3.05) is 5.32 Å². The summed E-state index contributed by atoms with van der Waals surface area (Å²) in [6.45, 7) is -0.337. The molecule has 0 fully saturated rings. The molecule has 0 heterocycles. The van der Waals surface area contributed by atoms with Crippen LogP contribution in [0.2, 0.25) is 0 Å². The molecule has 3 nitrogen and oxygen atoms in total. The Morgan fingerprint density at radius 1 is 0.885 bits per heavy atom. The predicted molar refractivity (Wildman–Crippen MR) is 78.7 cm³/mol. The highest BCUT2D eigenvalue weighted by atomic mass is 19.4. The summed E-state index contributed by atoms with van der Waals surface area (Å²) in [4.78, 5) is 11.7. The molecule has 0 aliphatic heterocycles. The normalized spacial score (nSPS) is 12.0. The molecular weight excluding hydrogens is 369 g/mol. The molecule has 0 spiro atoms. The van der Waals surface area contributed by atoms with Gasteiger partial charge in [0.05, 0.1) is 16.8 Å². The lowest BCUT2D eigenvalue weighted by molar-refractivity contribution is -0.138. The van der Waals surface area contributed by atoms with E-state index in [4.69, 9.17) is 0 Å². The fraction of sp³-hybridized carbons (Fsp3) is 0.188. The van der Waals surface area contributed by atoms with Gasteiger partial charge >= 0.3 is 18.4 Å². The Balaban J connectivity index is 2.04. The first-order valence-electron chi connectivity index (χ1n) is 7.04. The summed E-state index contributed by atoms with van der Waals surface area (Å²) >= 11 is 0. The van der Waals surface area contributed by atoms with Gasteiger partial charge in [-0.1, -0.05) is 12.1 Å². The number of hydrogen-bond acceptors (Lipinski definition) is 1. The maximum absolute atomic E-state index is 13.5. The quantitative estimate of drug-likeness (QED) is 0.708. The number of carbonyl (C=O) groups excluding carboxylic acids is 1. The van der Waals surface area contributed by atoms with Crippen molar-refractivity contribution in [2.45, 2.75) is 18.9 Å². The summed E-state index contributed by atoms with van der Waals surface area (Å²) in [5.41, 5.74) is -2.67. The molecule has 2 rings (SSSR count). The Labute approximate surface area is 142 Å². The van der Waals surface area contributed by atoms with Crippen LogP contribution in [0.25, 0.3) is 0 Å². The summed E-state index contributed by atoms with van der Waals surface area (Å²) in [5, 5.41) is 4.04. The van der Waals surface area contributed by atoms with Crippen LogP contribution in [0.1, 0.15) is 16.7 Å². The number of carbonyl (C=O) groups is 1. The molecule has 2 aromatic carbocycles. The molecular formula is C16H11F7N2O. The molecule has 0 aliphatic rings. The first kappa shape index (κ1) is 19.5. The van der Waals surface area contributed by atoms with Crippen LogP contribution < -0.4 is 10.6 Å². The summed E-state index contributed by atoms with van der Waals surface area (Å²) in [6, 6.07) is 4.53. The minimum atomic E-state index is -4.72. The van der Waals surface area contributed by atoms with Gasteiger partial charge in [-0.25, -0.2) is 9.18 Å². The molecule has 2 amide bonds. The first-order valence-corrected chi connectivity index (χ1v) is 7.04. The van der Waals surface area contributed by atoms with Gasteiger partial charge in [-0.05, 0) is 35.9 Å². The van der Waals surface area contributed by atoms with Gasteiger partial charge in [0, 0.05) is 6.54 Å². The number of hydrogen-bond donors (Lipinski definition) is 2. The Hall–Kier alpha value is -2.78. The van der Waals surface area contributed by atoms with Gasteiger partial charge < -0.3 is 10.6 Å². The largest absolute Gasteiger partial charge is 0.416 e. The number of alkyl halides is 6. The van der Waals surface area contributed by atoms with Crippen LogP contribution in [0.5, 0.6) is 0 Å². The standard InChI is InChI=1S/C16H11F7N2O/c17-12-5-4-11(16(21,22)23)7-13(12)25-14(26)24-8-9-2-1-3-10(6-9)15(18,19)20/h1-7H,8H2,(H2,24,25,26). The van der Waals surface area contributed by atoms with Crippen LogP contribution in [0.3, 0.4) is 0 Å². The molecule has 0 aliphatic carbocycles. The molecule has 0 saturated carbocycles. The summed E-state index contributed by atoms with van der Waals surface area (Å²) < 4.78 is 89.1. The second-order valence-electron chi connectivity index (χ2n) is 5.20. The highest BCUT2D eigenvalue weighted by molar-refractivity contribution is 5.89. The third kappa shape index (κ3) is 5.11. The summed E-state index contributed by atoms with van der Waals surface area (Å²) in [6.07, 6.45) is -9.28. The van der Waals surface area contributed by atoms with Crippen LogP contribution in [0, 0.1) is 5.82 Å². The smallest absolute Gasteiger partial charge is 0.334 e. The maximum Gasteiger partial charge on any atom is 0.416 e. The molecule has 0 aromatic heterocycles. The molecule has 10 heteroatoms. The van der Waals surface area contributed by atoms with Gasteiger partial charge in [0.25, 0.3) is 0 Å². The number of nitrogens with one attached hydrogen (secondary N) is 2. The topological polar surface area (TPSA) is 41.1 Å². The van der Waals surface area contributed by atoms with Crippen LogP contribution in [-0.4, -0.2) is 6.03 Å². The molecule has 0 unspecified atom stereocenters. The van der Waals surface area contributed by atoms with E-state index in [-0.39, 0.29) is 12.1 Å². The van der Waals surface area contributed by atoms with Gasteiger partial charge in [0.2, 0.25) is 0 Å². The molecule has 2 N–H and O–H groups in total. The zero-order valence-corrected chi connectivity index (χ0v) is 12.8. The van der Waals surface area contributed by atoms with E-state index in [1.165, 1.54) is 6.07 Å². The van der Waals surface area contributed by atoms with Crippen molar-refractivity contribution in [3.63, 3.8) is 0 Å². The van der Waals surface area contributed by atoms with Crippen molar-refractivity contribution in [1.82, 2.24) is 5.32 Å².